The van der Waals surface area contributed by atoms with Gasteiger partial charge in [0.05, 0.1) is 59.4 Å². The summed E-state index contributed by atoms with van der Waals surface area (Å²) >= 11 is 14.1. The normalized spacial score (nSPS) is 29.6. The molecule has 7 amide bonds. The number of aliphatic hydroxyl groups excluding tert-OH is 6. The summed E-state index contributed by atoms with van der Waals surface area (Å²) in [4.78, 5) is 117. The first-order valence-electron chi connectivity index (χ1n) is 31.5. The van der Waals surface area contributed by atoms with Crippen LogP contribution in [0, 0.1) is 11.8 Å². The summed E-state index contributed by atoms with van der Waals surface area (Å²) in [6, 6.07) is -0.459. The fourth-order valence-corrected chi connectivity index (χ4v) is 13.3. The molecule has 32 nitrogen and oxygen atoms in total. The second kappa shape index (κ2) is 29.6. The van der Waals surface area contributed by atoms with Gasteiger partial charge in [-0.25, -0.2) is 4.79 Å². The van der Waals surface area contributed by atoms with Gasteiger partial charge < -0.3 is 123 Å². The second-order valence-corrected chi connectivity index (χ2v) is 26.6. The molecule has 0 spiro atoms. The van der Waals surface area contributed by atoms with Crippen molar-refractivity contribution in [2.24, 2.45) is 23.3 Å². The molecule has 12 rings (SSSR count). The molecular formula is C66H75Cl2N9O23. The van der Waals surface area contributed by atoms with Gasteiger partial charge in [0.1, 0.15) is 83.4 Å². The van der Waals surface area contributed by atoms with Crippen LogP contribution in [-0.2, 0) is 47.8 Å². The first-order valence-corrected chi connectivity index (χ1v) is 32.2. The molecule has 18 atom stereocenters. The van der Waals surface area contributed by atoms with Gasteiger partial charge in [0, 0.05) is 28.3 Å². The Labute approximate surface area is 579 Å². The lowest BCUT2D eigenvalue weighted by atomic mass is 9.76. The molecule has 11 bridgehead atoms. The zero-order chi connectivity index (χ0) is 72.8. The Morgan fingerprint density at radius 1 is 0.710 bits per heavy atom. The molecule has 100 heavy (non-hydrogen) atoms. The van der Waals surface area contributed by atoms with Crippen LogP contribution in [0.1, 0.15) is 105 Å². The minimum absolute atomic E-state index is 0.0931. The van der Waals surface area contributed by atoms with E-state index in [9.17, 15) is 75.0 Å². The Bertz CT molecular complexity index is 4050. The number of hydrogen-bond donors (Lipinski definition) is 19. The highest BCUT2D eigenvalue weighted by molar-refractivity contribution is 6.32. The minimum Gasteiger partial charge on any atom is -0.508 e. The molecule has 0 radical (unpaired) electrons. The zero-order valence-corrected chi connectivity index (χ0v) is 55.4. The molecule has 5 aromatic carbocycles. The zero-order valence-electron chi connectivity index (χ0n) is 53.9. The van der Waals surface area contributed by atoms with E-state index in [1.54, 1.807) is 0 Å². The van der Waals surface area contributed by atoms with E-state index in [0.29, 0.717) is 0 Å². The van der Waals surface area contributed by atoms with E-state index in [4.69, 9.17) is 58.4 Å². The quantitative estimate of drug-likeness (QED) is 0.0803. The summed E-state index contributed by atoms with van der Waals surface area (Å²) in [5.41, 5.74) is 8.17. The number of benzene rings is 5. The van der Waals surface area contributed by atoms with Crippen LogP contribution in [0.5, 0.6) is 46.0 Å². The smallest absolute Gasteiger partial charge is 0.330 e. The standard InChI is InChI=1S/C66H75Cl2N9O23/c1-23(2)12-34(71-5)58(88)76-50-52(83)26-7-10-38(32(67)14-26)97-40-16-28-17-41(56(40)100-65-46(55(86)54(85)43(22-78)99-65)42-21-66(4,70)57(87)24(3)96-42)98-39-11-8-27(15-33(39)68)53(84)51-63(93)75-49(64(94)95)31-18-29(79)19-37(81)45(31)30-13-25(6-9-36(30)80)47(60(90)77-51)74-61(91)48(28)73-59(89)35(20-44(69)82)72-62(50)92/h6-11,13-19,23-24,34-35,42-43,46-55,57,65,71,78-81,83-87H,12,20-22,70H2,1-5H3,(H2,69,82)(H,72,92)(H,73,89)(H,74,91)(H,75,93)(H,76,88)(H,77,90)(H,94,95)/t24-,34-,35+,42-,43+,46+,47-,48-,49+,50-,51+,52?,53?,54+,55+,57+,65-,66-/m0/s1. The maximum atomic E-state index is 16.0. The van der Waals surface area contributed by atoms with Crippen molar-refractivity contribution < 1.29 is 113 Å². The molecule has 2 fully saturated rings. The van der Waals surface area contributed by atoms with Crippen molar-refractivity contribution in [3.05, 3.63) is 117 Å². The predicted molar refractivity (Wildman–Crippen MR) is 348 cm³/mol. The average molecular weight is 1430 g/mol. The molecular weight excluding hydrogens is 1360 g/mol. The van der Waals surface area contributed by atoms with Gasteiger partial charge in [0.2, 0.25) is 53.4 Å². The van der Waals surface area contributed by atoms with Crippen molar-refractivity contribution in [3.63, 3.8) is 0 Å². The van der Waals surface area contributed by atoms with E-state index < -0.39 is 231 Å². The molecule has 21 N–H and O–H groups in total. The Balaban J connectivity index is 1.25. The molecule has 536 valence electrons. The topological polar surface area (TPSA) is 521 Å². The van der Waals surface area contributed by atoms with Crippen molar-refractivity contribution in [3.8, 4) is 57.1 Å². The lowest BCUT2D eigenvalue weighted by molar-refractivity contribution is -0.293. The van der Waals surface area contributed by atoms with Crippen LogP contribution in [0.15, 0.2) is 78.9 Å². The van der Waals surface area contributed by atoms with Crippen LogP contribution < -0.4 is 62.9 Å². The number of ether oxygens (including phenoxy) is 5. The number of carbonyl (C=O) groups excluding carboxylic acids is 7. The molecule has 7 heterocycles. The van der Waals surface area contributed by atoms with Gasteiger partial charge >= 0.3 is 5.97 Å². The molecule has 0 aliphatic carbocycles. The first-order chi connectivity index (χ1) is 47.2. The summed E-state index contributed by atoms with van der Waals surface area (Å²) in [6.45, 7) is 5.72. The van der Waals surface area contributed by atoms with Crippen LogP contribution >= 0.6 is 23.2 Å². The summed E-state index contributed by atoms with van der Waals surface area (Å²) in [5.74, 6) is -17.3. The van der Waals surface area contributed by atoms with Gasteiger partial charge in [-0.05, 0) is 117 Å². The number of nitrogens with two attached hydrogens (primary N) is 2. The van der Waals surface area contributed by atoms with Crippen molar-refractivity contribution in [2.45, 2.75) is 150 Å². The van der Waals surface area contributed by atoms with Crippen molar-refractivity contribution in [1.29, 1.82) is 0 Å². The number of primary amides is 1. The Morgan fingerprint density at radius 3 is 1.89 bits per heavy atom. The van der Waals surface area contributed by atoms with E-state index in [1.165, 1.54) is 33.0 Å². The number of carbonyl (C=O) groups is 8. The van der Waals surface area contributed by atoms with E-state index >= 15 is 14.4 Å². The van der Waals surface area contributed by atoms with Gasteiger partial charge in [-0.2, -0.15) is 0 Å². The molecule has 0 saturated carbocycles. The van der Waals surface area contributed by atoms with E-state index in [-0.39, 0.29) is 52.0 Å². The lowest BCUT2D eigenvalue weighted by Crippen LogP contribution is -2.66. The molecule has 0 aromatic heterocycles. The molecule has 5 aromatic rings. The fraction of sp³-hybridized carbons (Fsp3) is 0.424. The van der Waals surface area contributed by atoms with Crippen LogP contribution in [-0.4, -0.2) is 185 Å². The number of nitrogens with one attached hydrogen (secondary N) is 7. The third kappa shape index (κ3) is 15.1. The van der Waals surface area contributed by atoms with Gasteiger partial charge in [-0.1, -0.05) is 55.2 Å². The number of rotatable bonds is 12. The third-order valence-corrected chi connectivity index (χ3v) is 18.6. The predicted octanol–water partition coefficient (Wildman–Crippen LogP) is 0.380. The Morgan fingerprint density at radius 2 is 1.31 bits per heavy atom. The molecule has 7 aliphatic rings. The maximum Gasteiger partial charge on any atom is 0.330 e. The van der Waals surface area contributed by atoms with Gasteiger partial charge in [-0.3, -0.25) is 33.6 Å². The second-order valence-electron chi connectivity index (χ2n) is 25.8. The Kier molecular flexibility index (Phi) is 21.8. The number of aromatic hydroxyl groups is 3. The third-order valence-electron chi connectivity index (χ3n) is 18.1. The maximum absolute atomic E-state index is 16.0. The van der Waals surface area contributed by atoms with E-state index in [1.807, 2.05) is 13.8 Å². The molecule has 7 aliphatic heterocycles. The summed E-state index contributed by atoms with van der Waals surface area (Å²) in [7, 11) is 1.48. The Hall–Kier alpha value is -9.16. The molecule has 34 heteroatoms. The number of likely N-dealkylation sites (N-methyl/N-ethyl adjacent to an activating group) is 1. The van der Waals surface area contributed by atoms with E-state index in [0.717, 1.165) is 66.7 Å². The molecule has 2 saturated heterocycles. The highest BCUT2D eigenvalue weighted by Crippen LogP contribution is 2.51. The van der Waals surface area contributed by atoms with Crippen molar-refractivity contribution in [2.75, 3.05) is 13.7 Å². The number of fused-ring (bicyclic) bond motifs is 15. The number of amides is 7. The number of aliphatic hydroxyl groups is 6. The number of phenols is 3. The average Bonchev–Trinajstić information content (AvgIpc) is 0.763. The molecule has 2 unspecified atom stereocenters. The largest absolute Gasteiger partial charge is 0.508 e. The number of phenolic OH excluding ortho intramolecular Hbond substituents is 3. The van der Waals surface area contributed by atoms with Gasteiger partial charge in [0.15, 0.2) is 17.5 Å². The fourth-order valence-electron chi connectivity index (χ4n) is 12.9. The number of halogens is 2. The van der Waals surface area contributed by atoms with Gasteiger partial charge in [0.25, 0.3) is 0 Å². The van der Waals surface area contributed by atoms with Crippen LogP contribution in [0.25, 0.3) is 11.1 Å². The SMILES string of the molecule is CN[C@@H](CC(C)C)C(=O)N[C@@H]1C(=O)N[C@H](CC(N)=O)C(=O)N[C@@H]2C(=O)N[C@@H]3C(=O)N[C@@H](C(=O)N[C@@H](C(=O)O)c4cc(O)cc(O)c4-c4cc3ccc4O)C(O)c3ccc(c(Cl)c3)Oc3cc2cc(c3O[C@@H]2O[C@H](CO)[C@@H](O)[C@H](O)[C@H]2[C@@H]2C[C@](C)(N)[C@H](O)[C@H](C)O2)Oc2ccc(cc2Cl)C1O. The number of aliphatic carboxylic acids is 1. The highest BCUT2D eigenvalue weighted by atomic mass is 35.5. The summed E-state index contributed by atoms with van der Waals surface area (Å²) < 4.78 is 32.6. The number of carboxylic acids is 1. The summed E-state index contributed by atoms with van der Waals surface area (Å²) in [5, 5.41) is 131. The number of carboxylic acid groups (broad SMARTS) is 1. The van der Waals surface area contributed by atoms with Crippen LogP contribution in [0.2, 0.25) is 10.0 Å². The number of hydrogen-bond acceptors (Lipinski definition) is 24. The lowest BCUT2D eigenvalue weighted by Gasteiger charge is -2.50. The van der Waals surface area contributed by atoms with Crippen LogP contribution in [0.4, 0.5) is 0 Å². The van der Waals surface area contributed by atoms with Crippen LogP contribution in [0.3, 0.4) is 0 Å². The van der Waals surface area contributed by atoms with Crippen molar-refractivity contribution >= 4 is 70.5 Å². The highest BCUT2D eigenvalue weighted by Gasteiger charge is 2.55. The van der Waals surface area contributed by atoms with E-state index in [2.05, 4.69) is 37.2 Å². The minimum atomic E-state index is -2.33. The van der Waals surface area contributed by atoms with Crippen molar-refractivity contribution in [1.82, 2.24) is 37.2 Å². The van der Waals surface area contributed by atoms with Gasteiger partial charge in [-0.15, -0.1) is 0 Å². The summed E-state index contributed by atoms with van der Waals surface area (Å²) in [6.07, 6.45) is -16.2. The first kappa shape index (κ1) is 73.6. The monoisotopic (exact) mass is 1430 g/mol.